The number of rotatable bonds is 4. The van der Waals surface area contributed by atoms with Crippen molar-refractivity contribution in [3.05, 3.63) is 50.1 Å². The van der Waals surface area contributed by atoms with Gasteiger partial charge in [0.15, 0.2) is 11.2 Å². The van der Waals surface area contributed by atoms with E-state index < -0.39 is 0 Å². The summed E-state index contributed by atoms with van der Waals surface area (Å²) >= 11 is 6.16. The van der Waals surface area contributed by atoms with Gasteiger partial charge in [0.25, 0.3) is 5.56 Å². The Morgan fingerprint density at radius 1 is 1.06 bits per heavy atom. The quantitative estimate of drug-likeness (QED) is 0.560. The van der Waals surface area contributed by atoms with Crippen LogP contribution < -0.4 is 21.2 Å². The summed E-state index contributed by atoms with van der Waals surface area (Å²) in [6.07, 6.45) is 0. The Hall–Kier alpha value is -3.11. The molecule has 10 nitrogen and oxygen atoms in total. The fourth-order valence-corrected chi connectivity index (χ4v) is 4.93. The second-order valence-electron chi connectivity index (χ2n) is 9.01. The molecule has 0 saturated carbocycles. The average molecular weight is 485 g/mol. The first-order chi connectivity index (χ1) is 16.3. The van der Waals surface area contributed by atoms with E-state index in [2.05, 4.69) is 15.9 Å². The molecule has 0 unspecified atom stereocenters. The molecule has 0 radical (unpaired) electrons. The van der Waals surface area contributed by atoms with E-state index in [0.717, 1.165) is 53.7 Å². The van der Waals surface area contributed by atoms with E-state index in [4.69, 9.17) is 21.7 Å². The largest absolute Gasteiger partial charge is 0.369 e. The van der Waals surface area contributed by atoms with Crippen LogP contribution in [-0.4, -0.2) is 68.6 Å². The second kappa shape index (κ2) is 8.59. The number of hydrogen-bond acceptors (Lipinski definition) is 7. The fourth-order valence-electron chi connectivity index (χ4n) is 4.75. The van der Waals surface area contributed by atoms with Crippen molar-refractivity contribution < 1.29 is 0 Å². The van der Waals surface area contributed by atoms with Gasteiger partial charge in [0.1, 0.15) is 0 Å². The summed E-state index contributed by atoms with van der Waals surface area (Å²) in [6.45, 7) is 9.14. The number of anilines is 2. The number of aryl methyl sites for hydroxylation is 1. The lowest BCUT2D eigenvalue weighted by Gasteiger charge is -2.37. The van der Waals surface area contributed by atoms with Crippen LogP contribution in [0.1, 0.15) is 19.9 Å². The molecule has 34 heavy (non-hydrogen) atoms. The summed E-state index contributed by atoms with van der Waals surface area (Å²) in [4.78, 5) is 34.9. The molecule has 1 aromatic carbocycles. The van der Waals surface area contributed by atoms with Crippen molar-refractivity contribution in [1.82, 2.24) is 23.6 Å². The number of imidazole rings is 1. The zero-order valence-corrected chi connectivity index (χ0v) is 20.7. The molecule has 2 aromatic heterocycles. The first-order valence-electron chi connectivity index (χ1n) is 11.5. The highest BCUT2D eigenvalue weighted by Gasteiger charge is 2.30. The Morgan fingerprint density at radius 2 is 1.79 bits per heavy atom. The van der Waals surface area contributed by atoms with Gasteiger partial charge >= 0.3 is 5.69 Å². The van der Waals surface area contributed by atoms with Gasteiger partial charge < -0.3 is 4.90 Å². The van der Waals surface area contributed by atoms with Gasteiger partial charge in [-0.25, -0.2) is 9.80 Å². The van der Waals surface area contributed by atoms with Crippen LogP contribution in [0.4, 0.5) is 11.6 Å². The van der Waals surface area contributed by atoms with Gasteiger partial charge in [0.2, 0.25) is 5.95 Å². The van der Waals surface area contributed by atoms with Gasteiger partial charge in [-0.3, -0.25) is 23.4 Å². The SMILES string of the molecule is CC1=NN(CCN2CCN(c3cccc(Cl)c3)CC2)c2nc3c(c(=O)n(C)c(=O)n3C)n2[C@H]1C. The minimum atomic E-state index is -0.387. The molecule has 5 rings (SSSR count). The highest BCUT2D eigenvalue weighted by molar-refractivity contribution is 6.30. The van der Waals surface area contributed by atoms with E-state index in [1.807, 2.05) is 41.6 Å². The number of halogens is 1. The van der Waals surface area contributed by atoms with Crippen LogP contribution in [0.5, 0.6) is 0 Å². The predicted octanol–water partition coefficient (Wildman–Crippen LogP) is 1.67. The van der Waals surface area contributed by atoms with Crippen molar-refractivity contribution in [2.24, 2.45) is 19.2 Å². The van der Waals surface area contributed by atoms with E-state index in [0.29, 0.717) is 23.7 Å². The summed E-state index contributed by atoms with van der Waals surface area (Å²) in [7, 11) is 3.14. The number of benzene rings is 1. The Balaban J connectivity index is 1.36. The van der Waals surface area contributed by atoms with Crippen molar-refractivity contribution >= 4 is 40.1 Å². The number of hydrogen-bond donors (Lipinski definition) is 0. The standard InChI is InChI=1S/C23H29ClN8O2/c1-15-16(2)32-19-20(27(3)23(34)28(4)21(19)33)25-22(32)31(26-15)13-10-29-8-11-30(12-9-29)18-7-5-6-17(24)14-18/h5-7,14,16H,8-13H2,1-4H3/t16-/m0/s1. The van der Waals surface area contributed by atoms with Crippen LogP contribution in [0.3, 0.4) is 0 Å². The third-order valence-corrected chi connectivity index (χ3v) is 7.18. The fraction of sp³-hybridized carbons (Fsp3) is 0.478. The van der Waals surface area contributed by atoms with Crippen molar-refractivity contribution in [3.63, 3.8) is 0 Å². The molecule has 2 aliphatic rings. The van der Waals surface area contributed by atoms with Crippen LogP contribution in [-0.2, 0) is 14.1 Å². The topological polar surface area (TPSA) is 83.9 Å². The number of nitrogens with zero attached hydrogens (tertiary/aromatic N) is 8. The van der Waals surface area contributed by atoms with Gasteiger partial charge in [-0.1, -0.05) is 17.7 Å². The van der Waals surface area contributed by atoms with Crippen molar-refractivity contribution in [2.45, 2.75) is 19.9 Å². The normalized spacial score (nSPS) is 19.0. The number of aromatic nitrogens is 4. The summed E-state index contributed by atoms with van der Waals surface area (Å²) in [6, 6.07) is 7.85. The first kappa shape index (κ1) is 22.7. The van der Waals surface area contributed by atoms with E-state index in [-0.39, 0.29) is 17.3 Å². The van der Waals surface area contributed by atoms with E-state index in [1.54, 1.807) is 7.05 Å². The average Bonchev–Trinajstić information content (AvgIpc) is 3.24. The van der Waals surface area contributed by atoms with Crippen LogP contribution in [0, 0.1) is 0 Å². The molecular formula is C23H29ClN8O2. The van der Waals surface area contributed by atoms with Gasteiger partial charge in [-0.2, -0.15) is 10.1 Å². The molecule has 0 bridgehead atoms. The van der Waals surface area contributed by atoms with Gasteiger partial charge in [-0.05, 0) is 32.0 Å². The summed E-state index contributed by atoms with van der Waals surface area (Å²) in [5.41, 5.74) is 2.14. The number of fused-ring (bicyclic) bond motifs is 3. The number of piperazine rings is 1. The maximum atomic E-state index is 13.0. The third-order valence-electron chi connectivity index (χ3n) is 6.95. The molecule has 0 N–H and O–H groups in total. The highest BCUT2D eigenvalue weighted by atomic mass is 35.5. The lowest BCUT2D eigenvalue weighted by Crippen LogP contribution is -2.48. The van der Waals surface area contributed by atoms with Crippen LogP contribution in [0.2, 0.25) is 5.02 Å². The highest BCUT2D eigenvalue weighted by Crippen LogP contribution is 2.29. The first-order valence-corrected chi connectivity index (χ1v) is 11.9. The van der Waals surface area contributed by atoms with Crippen LogP contribution in [0.15, 0.2) is 39.0 Å². The van der Waals surface area contributed by atoms with Crippen molar-refractivity contribution in [2.75, 3.05) is 49.2 Å². The maximum Gasteiger partial charge on any atom is 0.332 e. The molecule has 0 spiro atoms. The molecule has 1 fully saturated rings. The zero-order valence-electron chi connectivity index (χ0n) is 19.9. The summed E-state index contributed by atoms with van der Waals surface area (Å²) in [5, 5.41) is 7.40. The van der Waals surface area contributed by atoms with E-state index >= 15 is 0 Å². The Morgan fingerprint density at radius 3 is 2.50 bits per heavy atom. The minimum Gasteiger partial charge on any atom is -0.369 e. The predicted molar refractivity (Wildman–Crippen MR) is 135 cm³/mol. The number of hydrazone groups is 1. The van der Waals surface area contributed by atoms with Crippen LogP contribution in [0.25, 0.3) is 11.2 Å². The smallest absolute Gasteiger partial charge is 0.332 e. The van der Waals surface area contributed by atoms with Gasteiger partial charge in [0, 0.05) is 57.5 Å². The third kappa shape index (κ3) is 3.70. The molecule has 3 aromatic rings. The Bertz CT molecular complexity index is 1400. The van der Waals surface area contributed by atoms with E-state index in [1.165, 1.54) is 11.6 Å². The zero-order chi connectivity index (χ0) is 24.1. The molecule has 1 saturated heterocycles. The van der Waals surface area contributed by atoms with Crippen molar-refractivity contribution in [1.29, 1.82) is 0 Å². The molecule has 0 amide bonds. The van der Waals surface area contributed by atoms with Gasteiger partial charge in [-0.15, -0.1) is 0 Å². The molecular weight excluding hydrogens is 456 g/mol. The van der Waals surface area contributed by atoms with Gasteiger partial charge in [0.05, 0.1) is 18.3 Å². The monoisotopic (exact) mass is 484 g/mol. The summed E-state index contributed by atoms with van der Waals surface area (Å²) in [5.74, 6) is 0.601. The van der Waals surface area contributed by atoms with Crippen molar-refractivity contribution in [3.8, 4) is 0 Å². The Kier molecular flexibility index (Phi) is 5.73. The lowest BCUT2D eigenvalue weighted by atomic mass is 10.2. The lowest BCUT2D eigenvalue weighted by molar-refractivity contribution is 0.262. The van der Waals surface area contributed by atoms with E-state index in [9.17, 15) is 9.59 Å². The molecule has 2 aliphatic heterocycles. The Labute approximate surface area is 202 Å². The maximum absolute atomic E-state index is 13.0. The molecule has 0 aliphatic carbocycles. The summed E-state index contributed by atoms with van der Waals surface area (Å²) < 4.78 is 4.47. The molecule has 1 atom stereocenters. The molecule has 4 heterocycles. The van der Waals surface area contributed by atoms with Crippen LogP contribution >= 0.6 is 11.6 Å². The minimum absolute atomic E-state index is 0.123. The molecule has 11 heteroatoms. The molecule has 180 valence electrons. The second-order valence-corrected chi connectivity index (χ2v) is 9.45.